The molecule has 0 spiro atoms. The molecule has 1 aliphatic rings. The Morgan fingerprint density at radius 3 is 2.67 bits per heavy atom. The van der Waals surface area contributed by atoms with Gasteiger partial charge in [-0.1, -0.05) is 25.1 Å². The number of aryl methyl sites for hydroxylation is 1. The van der Waals surface area contributed by atoms with E-state index in [4.69, 9.17) is 0 Å². The monoisotopic (exact) mass is 341 g/mol. The van der Waals surface area contributed by atoms with Gasteiger partial charge < -0.3 is 0 Å². The lowest BCUT2D eigenvalue weighted by molar-refractivity contribution is 0.559. The quantitative estimate of drug-likeness (QED) is 0.661. The Morgan fingerprint density at radius 1 is 1.17 bits per heavy atom. The zero-order valence-electron chi connectivity index (χ0n) is 13.2. The van der Waals surface area contributed by atoms with Crippen molar-refractivity contribution in [3.63, 3.8) is 0 Å². The van der Waals surface area contributed by atoms with E-state index < -0.39 is 0 Å². The molecule has 2 aromatic heterocycles. The van der Waals surface area contributed by atoms with Crippen molar-refractivity contribution in [2.75, 3.05) is 0 Å². The van der Waals surface area contributed by atoms with Gasteiger partial charge in [0.2, 0.25) is 5.16 Å². The van der Waals surface area contributed by atoms with Gasteiger partial charge in [0, 0.05) is 11.6 Å². The van der Waals surface area contributed by atoms with Crippen LogP contribution in [0.1, 0.15) is 37.2 Å². The van der Waals surface area contributed by atoms with Gasteiger partial charge in [-0.3, -0.25) is 4.57 Å². The lowest BCUT2D eigenvalue weighted by Gasteiger charge is -2.10. The highest BCUT2D eigenvalue weighted by Crippen LogP contribution is 2.41. The van der Waals surface area contributed by atoms with Crippen molar-refractivity contribution in [2.24, 2.45) is 0 Å². The molecule has 3 aromatic rings. The molecule has 1 aromatic carbocycles. The number of halogens is 1. The van der Waals surface area contributed by atoms with Crippen molar-refractivity contribution in [1.82, 2.24) is 24.7 Å². The Hall–Kier alpha value is -2.28. The Kier molecular flexibility index (Phi) is 4.02. The summed E-state index contributed by atoms with van der Waals surface area (Å²) < 4.78 is 16.5. The summed E-state index contributed by atoms with van der Waals surface area (Å²) in [6, 6.07) is 9.93. The molecule has 122 valence electrons. The summed E-state index contributed by atoms with van der Waals surface area (Å²) in [7, 11) is 0. The second-order valence-corrected chi connectivity index (χ2v) is 6.64. The lowest BCUT2D eigenvalue weighted by Crippen LogP contribution is -2.03. The van der Waals surface area contributed by atoms with Gasteiger partial charge in [0.05, 0.1) is 5.69 Å². The molecule has 24 heavy (non-hydrogen) atoms. The number of aromatic nitrogens is 5. The minimum Gasteiger partial charge on any atom is -0.273 e. The number of hydrogen-bond donors (Lipinski definition) is 0. The molecule has 1 saturated carbocycles. The topological polar surface area (TPSA) is 56.5 Å². The van der Waals surface area contributed by atoms with Gasteiger partial charge in [-0.05, 0) is 43.2 Å². The second-order valence-electron chi connectivity index (χ2n) is 5.68. The van der Waals surface area contributed by atoms with Crippen molar-refractivity contribution in [3.8, 4) is 5.69 Å². The first-order valence-corrected chi connectivity index (χ1v) is 8.77. The largest absolute Gasteiger partial charge is 0.273 e. The second kappa shape index (κ2) is 6.32. The first-order valence-electron chi connectivity index (χ1n) is 7.96. The van der Waals surface area contributed by atoms with E-state index in [-0.39, 0.29) is 10.8 Å². The van der Waals surface area contributed by atoms with Crippen molar-refractivity contribution in [2.45, 2.75) is 42.3 Å². The average molecular weight is 341 g/mol. The zero-order chi connectivity index (χ0) is 16.5. The van der Waals surface area contributed by atoms with Crippen molar-refractivity contribution < 1.29 is 4.39 Å². The standard InChI is InChI=1S/C17H16FN5S/c1-2-13-14(18)16(20-10-19-13)24-17-22-21-15(11-8-9-11)23(17)12-6-4-3-5-7-12/h3-7,10-11H,2,8-9H2,1H3. The van der Waals surface area contributed by atoms with Gasteiger partial charge in [-0.15, -0.1) is 10.2 Å². The summed E-state index contributed by atoms with van der Waals surface area (Å²) in [5.74, 6) is 1.00. The number of nitrogens with zero attached hydrogens (tertiary/aromatic N) is 5. The Morgan fingerprint density at radius 2 is 1.96 bits per heavy atom. The molecule has 7 heteroatoms. The third kappa shape index (κ3) is 2.80. The number of hydrogen-bond acceptors (Lipinski definition) is 5. The van der Waals surface area contributed by atoms with Gasteiger partial charge in [-0.2, -0.15) is 0 Å². The van der Waals surface area contributed by atoms with Crippen LogP contribution in [-0.4, -0.2) is 24.7 Å². The number of benzene rings is 1. The van der Waals surface area contributed by atoms with Crippen molar-refractivity contribution >= 4 is 11.8 Å². The maximum Gasteiger partial charge on any atom is 0.202 e. The molecule has 0 atom stereocenters. The molecular weight excluding hydrogens is 325 g/mol. The molecule has 0 aliphatic heterocycles. The first-order chi connectivity index (χ1) is 11.8. The van der Waals surface area contributed by atoms with Gasteiger partial charge in [0.25, 0.3) is 0 Å². The van der Waals surface area contributed by atoms with Gasteiger partial charge in [-0.25, -0.2) is 14.4 Å². The summed E-state index contributed by atoms with van der Waals surface area (Å²) in [6.07, 6.45) is 4.17. The van der Waals surface area contributed by atoms with Crippen LogP contribution in [0.5, 0.6) is 0 Å². The normalized spacial score (nSPS) is 14.1. The fourth-order valence-electron chi connectivity index (χ4n) is 2.56. The van der Waals surface area contributed by atoms with Crippen LogP contribution in [-0.2, 0) is 6.42 Å². The molecule has 0 N–H and O–H groups in total. The van der Waals surface area contributed by atoms with E-state index in [1.807, 2.05) is 41.8 Å². The molecular formula is C17H16FN5S. The van der Waals surface area contributed by atoms with E-state index in [1.54, 1.807) is 0 Å². The average Bonchev–Trinajstić information content (AvgIpc) is 3.38. The Bertz CT molecular complexity index is 861. The minimum atomic E-state index is -0.374. The predicted molar refractivity (Wildman–Crippen MR) is 88.8 cm³/mol. The van der Waals surface area contributed by atoms with E-state index in [1.165, 1.54) is 18.1 Å². The van der Waals surface area contributed by atoms with Crippen LogP contribution < -0.4 is 0 Å². The molecule has 1 fully saturated rings. The molecule has 1 aliphatic carbocycles. The van der Waals surface area contributed by atoms with Crippen LogP contribution in [0.25, 0.3) is 5.69 Å². The number of para-hydroxylation sites is 1. The highest BCUT2D eigenvalue weighted by molar-refractivity contribution is 7.99. The molecule has 0 bridgehead atoms. The SMILES string of the molecule is CCc1ncnc(Sc2nnc(C3CC3)n2-c2ccccc2)c1F. The Balaban J connectivity index is 1.77. The van der Waals surface area contributed by atoms with Crippen LogP contribution in [0.3, 0.4) is 0 Å². The fraction of sp³-hybridized carbons (Fsp3) is 0.294. The van der Waals surface area contributed by atoms with Gasteiger partial charge >= 0.3 is 0 Å². The highest BCUT2D eigenvalue weighted by Gasteiger charge is 2.31. The maximum absolute atomic E-state index is 14.5. The van der Waals surface area contributed by atoms with Crippen LogP contribution >= 0.6 is 11.8 Å². The molecule has 5 nitrogen and oxygen atoms in total. The molecule has 0 radical (unpaired) electrons. The third-order valence-electron chi connectivity index (χ3n) is 3.97. The molecule has 0 saturated heterocycles. The van der Waals surface area contributed by atoms with Crippen LogP contribution in [0.2, 0.25) is 0 Å². The summed E-state index contributed by atoms with van der Waals surface area (Å²) in [5.41, 5.74) is 1.40. The van der Waals surface area contributed by atoms with E-state index in [0.29, 0.717) is 23.2 Å². The predicted octanol–water partition coefficient (Wildman–Crippen LogP) is 3.79. The van der Waals surface area contributed by atoms with Crippen LogP contribution in [0, 0.1) is 5.82 Å². The molecule has 2 heterocycles. The van der Waals surface area contributed by atoms with Crippen molar-refractivity contribution in [3.05, 3.63) is 54.0 Å². The first kappa shape index (κ1) is 15.3. The Labute approximate surface area is 143 Å². The van der Waals surface area contributed by atoms with Gasteiger partial charge in [0.1, 0.15) is 17.2 Å². The maximum atomic E-state index is 14.5. The van der Waals surface area contributed by atoms with E-state index in [0.717, 1.165) is 24.4 Å². The summed E-state index contributed by atoms with van der Waals surface area (Å²) in [5, 5.41) is 9.56. The summed E-state index contributed by atoms with van der Waals surface area (Å²) in [6.45, 7) is 1.87. The third-order valence-corrected chi connectivity index (χ3v) is 4.89. The lowest BCUT2D eigenvalue weighted by atomic mass is 10.3. The zero-order valence-corrected chi connectivity index (χ0v) is 14.0. The van der Waals surface area contributed by atoms with E-state index >= 15 is 0 Å². The summed E-state index contributed by atoms with van der Waals surface area (Å²) >= 11 is 1.19. The van der Waals surface area contributed by atoms with E-state index in [2.05, 4.69) is 20.2 Å². The van der Waals surface area contributed by atoms with Crippen LogP contribution in [0.15, 0.2) is 46.8 Å². The van der Waals surface area contributed by atoms with Crippen molar-refractivity contribution in [1.29, 1.82) is 0 Å². The van der Waals surface area contributed by atoms with Crippen LogP contribution in [0.4, 0.5) is 4.39 Å². The minimum absolute atomic E-state index is 0.286. The molecule has 0 unspecified atom stereocenters. The summed E-state index contributed by atoms with van der Waals surface area (Å²) in [4.78, 5) is 8.06. The number of rotatable bonds is 5. The van der Waals surface area contributed by atoms with E-state index in [9.17, 15) is 4.39 Å². The fourth-order valence-corrected chi connectivity index (χ4v) is 3.42. The molecule has 4 rings (SSSR count). The molecule has 0 amide bonds. The highest BCUT2D eigenvalue weighted by atomic mass is 32.2. The smallest absolute Gasteiger partial charge is 0.202 e. The van der Waals surface area contributed by atoms with Gasteiger partial charge in [0.15, 0.2) is 5.82 Å².